The minimum atomic E-state index is 0.861. The Hall–Kier alpha value is -1.29. The Kier molecular flexibility index (Phi) is 2.77. The summed E-state index contributed by atoms with van der Waals surface area (Å²) in [5.74, 6) is 0.880. The summed E-state index contributed by atoms with van der Waals surface area (Å²) >= 11 is 1.62. The van der Waals surface area contributed by atoms with E-state index in [2.05, 4.69) is 17.6 Å². The van der Waals surface area contributed by atoms with Gasteiger partial charge < -0.3 is 4.74 Å². The van der Waals surface area contributed by atoms with Crippen LogP contribution >= 0.6 is 11.3 Å². The van der Waals surface area contributed by atoms with E-state index in [4.69, 9.17) is 10.5 Å². The van der Waals surface area contributed by atoms with Crippen molar-refractivity contribution < 1.29 is 9.30 Å². The quantitative estimate of drug-likeness (QED) is 0.810. The normalized spacial score (nSPS) is 10.8. The number of fused-ring (bicyclic) bond motifs is 1. The Morgan fingerprint density at radius 2 is 2.27 bits per heavy atom. The second kappa shape index (κ2) is 4.06. The van der Waals surface area contributed by atoms with Gasteiger partial charge in [0.25, 0.3) is 0 Å². The zero-order valence-corrected chi connectivity index (χ0v) is 9.80. The van der Waals surface area contributed by atoms with Gasteiger partial charge in [-0.3, -0.25) is 5.73 Å². The largest absolute Gasteiger partial charge is 0.497 e. The molecule has 2 aromatic rings. The summed E-state index contributed by atoms with van der Waals surface area (Å²) in [5.41, 5.74) is 7.14. The zero-order valence-electron chi connectivity index (χ0n) is 8.99. The van der Waals surface area contributed by atoms with Crippen molar-refractivity contribution in [2.24, 2.45) is 0 Å². The van der Waals surface area contributed by atoms with Crippen molar-refractivity contribution in [2.75, 3.05) is 12.8 Å². The molecule has 0 aliphatic heterocycles. The number of aryl methyl sites for hydroxylation is 1. The average Bonchev–Trinajstić information content (AvgIpc) is 2.55. The number of benzene rings is 1. The molecule has 0 unspecified atom stereocenters. The molecule has 3 nitrogen and oxygen atoms in total. The molecule has 0 atom stereocenters. The first kappa shape index (κ1) is 10.2. The minimum Gasteiger partial charge on any atom is -0.497 e. The highest BCUT2D eigenvalue weighted by Gasteiger charge is 2.14. The second-order valence-corrected chi connectivity index (χ2v) is 4.49. The van der Waals surface area contributed by atoms with Crippen LogP contribution in [-0.4, -0.2) is 7.11 Å². The first-order chi connectivity index (χ1) is 7.26. The fraction of sp³-hybridized carbons (Fsp3) is 0.364. The van der Waals surface area contributed by atoms with Gasteiger partial charge in [0, 0.05) is 6.07 Å². The van der Waals surface area contributed by atoms with Gasteiger partial charge in [-0.05, 0) is 29.9 Å². The van der Waals surface area contributed by atoms with Crippen molar-refractivity contribution in [2.45, 2.75) is 19.9 Å². The summed E-state index contributed by atoms with van der Waals surface area (Å²) in [6.45, 7) is 3.11. The molecule has 0 fully saturated rings. The molecule has 1 aromatic heterocycles. The van der Waals surface area contributed by atoms with E-state index < -0.39 is 0 Å². The van der Waals surface area contributed by atoms with E-state index in [0.29, 0.717) is 0 Å². The predicted octanol–water partition coefficient (Wildman–Crippen LogP) is 2.19. The van der Waals surface area contributed by atoms with Crippen molar-refractivity contribution in [1.82, 2.24) is 0 Å². The molecule has 0 aliphatic rings. The van der Waals surface area contributed by atoms with Gasteiger partial charge in [0.05, 0.1) is 18.4 Å². The first-order valence-corrected chi connectivity index (χ1v) is 5.83. The van der Waals surface area contributed by atoms with Crippen LogP contribution in [-0.2, 0) is 6.54 Å². The van der Waals surface area contributed by atoms with Gasteiger partial charge in [-0.2, -0.15) is 0 Å². The number of hydrogen-bond donors (Lipinski definition) is 1. The van der Waals surface area contributed by atoms with Gasteiger partial charge >= 0.3 is 5.13 Å². The van der Waals surface area contributed by atoms with Crippen LogP contribution in [0.4, 0.5) is 5.13 Å². The van der Waals surface area contributed by atoms with Crippen LogP contribution in [0.15, 0.2) is 18.2 Å². The van der Waals surface area contributed by atoms with E-state index in [0.717, 1.165) is 23.8 Å². The Morgan fingerprint density at radius 1 is 1.47 bits per heavy atom. The van der Waals surface area contributed by atoms with E-state index in [1.807, 2.05) is 12.1 Å². The number of nitrogens with two attached hydrogens (primary N) is 1. The second-order valence-electron chi connectivity index (χ2n) is 3.43. The Labute approximate surface area is 93.1 Å². The molecule has 1 heterocycles. The summed E-state index contributed by atoms with van der Waals surface area (Å²) in [6.07, 6.45) is 1.08. The Morgan fingerprint density at radius 3 is 2.93 bits per heavy atom. The SMILES string of the molecule is CCC[n+]1c(N)sc2ccc(OC)cc21. The van der Waals surface area contributed by atoms with E-state index in [1.165, 1.54) is 10.2 Å². The van der Waals surface area contributed by atoms with Crippen LogP contribution in [0.5, 0.6) is 5.75 Å². The Bertz CT molecular complexity index is 479. The molecule has 0 saturated carbocycles. The average molecular weight is 223 g/mol. The molecular formula is C11H15N2OS+. The third-order valence-electron chi connectivity index (χ3n) is 2.38. The highest BCUT2D eigenvalue weighted by molar-refractivity contribution is 7.21. The highest BCUT2D eigenvalue weighted by atomic mass is 32.1. The topological polar surface area (TPSA) is 39.1 Å². The molecular weight excluding hydrogens is 208 g/mol. The maximum absolute atomic E-state index is 5.97. The number of rotatable bonds is 3. The number of ether oxygens (including phenoxy) is 1. The summed E-state index contributed by atoms with van der Waals surface area (Å²) in [7, 11) is 1.68. The van der Waals surface area contributed by atoms with Crippen molar-refractivity contribution in [3.63, 3.8) is 0 Å². The lowest BCUT2D eigenvalue weighted by Gasteiger charge is -2.00. The van der Waals surface area contributed by atoms with Gasteiger partial charge in [-0.25, -0.2) is 4.57 Å². The minimum absolute atomic E-state index is 0.861. The number of thiazole rings is 1. The van der Waals surface area contributed by atoms with Gasteiger partial charge in [0.1, 0.15) is 11.3 Å². The standard InChI is InChI=1S/C11H14N2OS/c1-3-6-13-9-7-8(14-2)4-5-10(9)15-11(13)12/h4-5,7,12H,3,6H2,1-2H3/p+1. The number of nitrogen functional groups attached to an aromatic ring is 1. The number of nitrogens with zero attached hydrogens (tertiary/aromatic N) is 1. The van der Waals surface area contributed by atoms with E-state index >= 15 is 0 Å². The molecule has 2 rings (SSSR count). The van der Waals surface area contributed by atoms with Crippen molar-refractivity contribution in [3.8, 4) is 5.75 Å². The molecule has 4 heteroatoms. The van der Waals surface area contributed by atoms with Crippen LogP contribution in [0.25, 0.3) is 10.2 Å². The van der Waals surface area contributed by atoms with Gasteiger partial charge in [-0.1, -0.05) is 6.92 Å². The maximum Gasteiger partial charge on any atom is 0.332 e. The molecule has 0 saturated heterocycles. The molecule has 0 amide bonds. The Balaban J connectivity index is 2.61. The maximum atomic E-state index is 5.97. The number of aromatic nitrogens is 1. The van der Waals surface area contributed by atoms with E-state index in [1.54, 1.807) is 18.4 Å². The highest BCUT2D eigenvalue weighted by Crippen LogP contribution is 2.25. The van der Waals surface area contributed by atoms with Gasteiger partial charge in [0.2, 0.25) is 0 Å². The predicted molar refractivity (Wildman–Crippen MR) is 63.3 cm³/mol. The lowest BCUT2D eigenvalue weighted by molar-refractivity contribution is -0.653. The smallest absolute Gasteiger partial charge is 0.332 e. The summed E-state index contributed by atoms with van der Waals surface area (Å²) in [5, 5.41) is 0.861. The van der Waals surface area contributed by atoms with Crippen molar-refractivity contribution in [1.29, 1.82) is 0 Å². The summed E-state index contributed by atoms with van der Waals surface area (Å²) in [4.78, 5) is 0. The van der Waals surface area contributed by atoms with E-state index in [9.17, 15) is 0 Å². The molecule has 0 aliphatic carbocycles. The van der Waals surface area contributed by atoms with E-state index in [-0.39, 0.29) is 0 Å². The molecule has 80 valence electrons. The number of hydrogen-bond acceptors (Lipinski definition) is 3. The van der Waals surface area contributed by atoms with Gasteiger partial charge in [-0.15, -0.1) is 0 Å². The monoisotopic (exact) mass is 223 g/mol. The van der Waals surface area contributed by atoms with Gasteiger partial charge in [0.15, 0.2) is 0 Å². The molecule has 15 heavy (non-hydrogen) atoms. The number of anilines is 1. The van der Waals surface area contributed by atoms with Crippen LogP contribution in [0.1, 0.15) is 13.3 Å². The number of methoxy groups -OCH3 is 1. The third-order valence-corrected chi connectivity index (χ3v) is 3.38. The molecule has 0 radical (unpaired) electrons. The molecule has 1 aromatic carbocycles. The molecule has 0 bridgehead atoms. The van der Waals surface area contributed by atoms with Crippen LogP contribution in [0, 0.1) is 0 Å². The fourth-order valence-electron chi connectivity index (χ4n) is 1.66. The van der Waals surface area contributed by atoms with Crippen molar-refractivity contribution >= 4 is 26.7 Å². The third kappa shape index (κ3) is 1.77. The summed E-state index contributed by atoms with van der Waals surface area (Å²) in [6, 6.07) is 6.06. The fourth-order valence-corrected chi connectivity index (χ4v) is 2.60. The zero-order chi connectivity index (χ0) is 10.8. The molecule has 0 spiro atoms. The van der Waals surface area contributed by atoms with Crippen molar-refractivity contribution in [3.05, 3.63) is 18.2 Å². The first-order valence-electron chi connectivity index (χ1n) is 5.02. The molecule has 2 N–H and O–H groups in total. The lowest BCUT2D eigenvalue weighted by atomic mass is 10.3. The van der Waals surface area contributed by atoms with Crippen LogP contribution < -0.4 is 15.0 Å². The summed E-state index contributed by atoms with van der Waals surface area (Å²) < 4.78 is 8.57. The lowest BCUT2D eigenvalue weighted by Crippen LogP contribution is -2.34. The van der Waals surface area contributed by atoms with Crippen LogP contribution in [0.2, 0.25) is 0 Å². The van der Waals surface area contributed by atoms with Crippen LogP contribution in [0.3, 0.4) is 0 Å².